The number of H-pyrrole nitrogens is 1. The first-order valence-electron chi connectivity index (χ1n) is 13.2. The second-order valence-corrected chi connectivity index (χ2v) is 9.98. The third-order valence-electron chi connectivity index (χ3n) is 7.15. The molecule has 0 aliphatic heterocycles. The second kappa shape index (κ2) is 11.5. The smallest absolute Gasteiger partial charge is 0.252 e. The van der Waals surface area contributed by atoms with Gasteiger partial charge >= 0.3 is 0 Å². The highest BCUT2D eigenvalue weighted by atomic mass is 16.1. The lowest BCUT2D eigenvalue weighted by Gasteiger charge is -2.30. The lowest BCUT2D eigenvalue weighted by Crippen LogP contribution is -2.34. The Labute approximate surface area is 223 Å². The minimum atomic E-state index is -0.0501. The molecule has 0 aliphatic carbocycles. The van der Waals surface area contributed by atoms with Crippen molar-refractivity contribution >= 4 is 10.9 Å². The van der Waals surface area contributed by atoms with E-state index in [4.69, 9.17) is 0 Å². The van der Waals surface area contributed by atoms with Crippen LogP contribution in [-0.4, -0.2) is 36.6 Å². The molecule has 7 heteroatoms. The van der Waals surface area contributed by atoms with E-state index in [0.717, 1.165) is 58.4 Å². The summed E-state index contributed by atoms with van der Waals surface area (Å²) < 4.78 is 1.89. The standard InChI is InChI=1S/C31H34N6O/c1-4-29(30-33-34-35-37(30)20-25-13-9-6-10-14-25)36(16-15-24-11-7-5-8-12-24)21-26-19-27-23(3)17-22(2)18-28(27)32-31(26)38/h5-14,17-19,29H,4,15-16,20-21H2,1-3H3,(H,32,38)/t29-/m0/s1. The molecule has 0 aliphatic rings. The molecule has 0 saturated heterocycles. The summed E-state index contributed by atoms with van der Waals surface area (Å²) in [6.07, 6.45) is 1.68. The molecule has 0 unspecified atom stereocenters. The number of hydrogen-bond acceptors (Lipinski definition) is 5. The Balaban J connectivity index is 1.50. The highest BCUT2D eigenvalue weighted by Crippen LogP contribution is 2.26. The molecule has 1 N–H and O–H groups in total. The van der Waals surface area contributed by atoms with Crippen molar-refractivity contribution < 1.29 is 0 Å². The highest BCUT2D eigenvalue weighted by molar-refractivity contribution is 5.83. The molecule has 38 heavy (non-hydrogen) atoms. The summed E-state index contributed by atoms with van der Waals surface area (Å²) in [4.78, 5) is 18.7. The molecule has 0 bridgehead atoms. The number of aromatic amines is 1. The maximum Gasteiger partial charge on any atom is 0.252 e. The van der Waals surface area contributed by atoms with Gasteiger partial charge in [0.2, 0.25) is 0 Å². The monoisotopic (exact) mass is 506 g/mol. The van der Waals surface area contributed by atoms with Crippen LogP contribution in [0, 0.1) is 13.8 Å². The Hall–Kier alpha value is -4.10. The van der Waals surface area contributed by atoms with E-state index in [-0.39, 0.29) is 11.6 Å². The SMILES string of the molecule is CC[C@@H](c1nnnn1Cc1ccccc1)N(CCc1ccccc1)Cc1cc2c(C)cc(C)cc2[nH]c1=O. The van der Waals surface area contributed by atoms with Crippen LogP contribution in [0.3, 0.4) is 0 Å². The van der Waals surface area contributed by atoms with Crippen molar-refractivity contribution in [3.8, 4) is 0 Å². The normalized spacial score (nSPS) is 12.3. The molecule has 7 nitrogen and oxygen atoms in total. The number of hydrogen-bond donors (Lipinski definition) is 1. The van der Waals surface area contributed by atoms with Crippen molar-refractivity contribution in [1.29, 1.82) is 0 Å². The minimum absolute atomic E-state index is 0.0494. The number of rotatable bonds is 10. The van der Waals surface area contributed by atoms with Gasteiger partial charge in [0.25, 0.3) is 5.56 Å². The van der Waals surface area contributed by atoms with Gasteiger partial charge in [0.05, 0.1) is 12.6 Å². The van der Waals surface area contributed by atoms with Gasteiger partial charge in [-0.15, -0.1) is 5.10 Å². The number of benzene rings is 3. The summed E-state index contributed by atoms with van der Waals surface area (Å²) in [6.45, 7) is 8.17. The molecule has 2 heterocycles. The Kier molecular flexibility index (Phi) is 7.75. The van der Waals surface area contributed by atoms with Gasteiger partial charge in [-0.3, -0.25) is 9.69 Å². The first-order valence-corrected chi connectivity index (χ1v) is 13.2. The van der Waals surface area contributed by atoms with Crippen molar-refractivity contribution in [2.75, 3.05) is 6.54 Å². The third kappa shape index (κ3) is 5.73. The van der Waals surface area contributed by atoms with Gasteiger partial charge in [0.15, 0.2) is 5.82 Å². The van der Waals surface area contributed by atoms with E-state index < -0.39 is 0 Å². The fraction of sp³-hybridized carbons (Fsp3) is 0.290. The summed E-state index contributed by atoms with van der Waals surface area (Å²) in [5.41, 5.74) is 6.28. The summed E-state index contributed by atoms with van der Waals surface area (Å²) in [6, 6.07) is 26.9. The van der Waals surface area contributed by atoms with Crippen LogP contribution < -0.4 is 5.56 Å². The molecule has 2 aromatic heterocycles. The maximum absolute atomic E-state index is 13.2. The average Bonchev–Trinajstić information content (AvgIpc) is 3.37. The number of aromatic nitrogens is 5. The molecule has 5 rings (SSSR count). The number of pyridine rings is 1. The van der Waals surface area contributed by atoms with Crippen LogP contribution in [0.25, 0.3) is 10.9 Å². The summed E-state index contributed by atoms with van der Waals surface area (Å²) in [5, 5.41) is 13.9. The molecule has 0 fully saturated rings. The third-order valence-corrected chi connectivity index (χ3v) is 7.15. The Morgan fingerprint density at radius 2 is 1.66 bits per heavy atom. The zero-order chi connectivity index (χ0) is 26.5. The lowest BCUT2D eigenvalue weighted by molar-refractivity contribution is 0.172. The predicted octanol–water partition coefficient (Wildman–Crippen LogP) is 5.38. The van der Waals surface area contributed by atoms with E-state index in [1.54, 1.807) is 0 Å². The second-order valence-electron chi connectivity index (χ2n) is 9.98. The summed E-state index contributed by atoms with van der Waals surface area (Å²) >= 11 is 0. The largest absolute Gasteiger partial charge is 0.322 e. The van der Waals surface area contributed by atoms with Crippen LogP contribution in [0.2, 0.25) is 0 Å². The van der Waals surface area contributed by atoms with E-state index in [1.165, 1.54) is 5.56 Å². The number of aryl methyl sites for hydroxylation is 2. The Morgan fingerprint density at radius 1 is 0.947 bits per heavy atom. The molecule has 1 atom stereocenters. The van der Waals surface area contributed by atoms with Crippen molar-refractivity contribution in [2.24, 2.45) is 0 Å². The molecule has 0 saturated carbocycles. The van der Waals surface area contributed by atoms with E-state index in [0.29, 0.717) is 13.1 Å². The maximum atomic E-state index is 13.2. The van der Waals surface area contributed by atoms with Gasteiger partial charge in [-0.1, -0.05) is 73.7 Å². The van der Waals surface area contributed by atoms with E-state index >= 15 is 0 Å². The van der Waals surface area contributed by atoms with Crippen LogP contribution in [-0.2, 0) is 19.5 Å². The van der Waals surface area contributed by atoms with Crippen molar-refractivity contribution in [2.45, 2.75) is 52.7 Å². The van der Waals surface area contributed by atoms with Crippen LogP contribution in [0.15, 0.2) is 83.7 Å². The first kappa shape index (κ1) is 25.5. The van der Waals surface area contributed by atoms with Crippen molar-refractivity contribution in [1.82, 2.24) is 30.1 Å². The molecule has 0 spiro atoms. The molecular weight excluding hydrogens is 472 g/mol. The van der Waals surface area contributed by atoms with E-state index in [1.807, 2.05) is 35.0 Å². The average molecular weight is 507 g/mol. The van der Waals surface area contributed by atoms with E-state index in [9.17, 15) is 4.79 Å². The van der Waals surface area contributed by atoms with Gasteiger partial charge in [0.1, 0.15) is 0 Å². The lowest BCUT2D eigenvalue weighted by atomic mass is 10.0. The topological polar surface area (TPSA) is 79.7 Å². The van der Waals surface area contributed by atoms with Crippen LogP contribution in [0.5, 0.6) is 0 Å². The predicted molar refractivity (Wildman–Crippen MR) is 151 cm³/mol. The molecular formula is C31H34N6O. The highest BCUT2D eigenvalue weighted by Gasteiger charge is 2.26. The number of fused-ring (bicyclic) bond motifs is 1. The van der Waals surface area contributed by atoms with Crippen molar-refractivity contribution in [3.63, 3.8) is 0 Å². The number of tetrazole rings is 1. The first-order chi connectivity index (χ1) is 18.5. The number of nitrogens with zero attached hydrogens (tertiary/aromatic N) is 5. The van der Waals surface area contributed by atoms with Gasteiger partial charge in [0, 0.05) is 29.6 Å². The fourth-order valence-electron chi connectivity index (χ4n) is 5.24. The molecule has 3 aromatic carbocycles. The van der Waals surface area contributed by atoms with Crippen molar-refractivity contribution in [3.05, 3.63) is 123 Å². The van der Waals surface area contributed by atoms with Crippen LogP contribution >= 0.6 is 0 Å². The van der Waals surface area contributed by atoms with Gasteiger partial charge in [-0.05, 0) is 71.5 Å². The fourth-order valence-corrected chi connectivity index (χ4v) is 5.24. The Morgan fingerprint density at radius 3 is 2.37 bits per heavy atom. The summed E-state index contributed by atoms with van der Waals surface area (Å²) in [5.74, 6) is 0.813. The molecule has 0 radical (unpaired) electrons. The minimum Gasteiger partial charge on any atom is -0.322 e. The zero-order valence-corrected chi connectivity index (χ0v) is 22.3. The Bertz CT molecular complexity index is 1560. The quantitative estimate of drug-likeness (QED) is 0.275. The molecule has 0 amide bonds. The van der Waals surface area contributed by atoms with E-state index in [2.05, 4.69) is 94.7 Å². The van der Waals surface area contributed by atoms with Crippen LogP contribution in [0.1, 0.15) is 53.0 Å². The summed E-state index contributed by atoms with van der Waals surface area (Å²) in [7, 11) is 0. The molecule has 194 valence electrons. The van der Waals surface area contributed by atoms with Gasteiger partial charge < -0.3 is 4.98 Å². The van der Waals surface area contributed by atoms with Gasteiger partial charge in [-0.2, -0.15) is 0 Å². The number of nitrogens with one attached hydrogen (secondary N) is 1. The molecule has 5 aromatic rings. The zero-order valence-electron chi connectivity index (χ0n) is 22.3. The van der Waals surface area contributed by atoms with Gasteiger partial charge in [-0.25, -0.2) is 4.68 Å². The van der Waals surface area contributed by atoms with Crippen LogP contribution in [0.4, 0.5) is 0 Å².